The van der Waals surface area contributed by atoms with Gasteiger partial charge in [0.05, 0.1) is 17.3 Å². The molecule has 1 aliphatic carbocycles. The Labute approximate surface area is 210 Å². The Morgan fingerprint density at radius 2 is 1.97 bits per heavy atom. The van der Waals surface area contributed by atoms with E-state index in [1.54, 1.807) is 0 Å². The first-order valence-corrected chi connectivity index (χ1v) is 12.8. The van der Waals surface area contributed by atoms with Gasteiger partial charge in [-0.2, -0.15) is 5.10 Å². The summed E-state index contributed by atoms with van der Waals surface area (Å²) in [6.45, 7) is 5.86. The molecule has 2 bridgehead atoms. The van der Waals surface area contributed by atoms with Gasteiger partial charge in [-0.05, 0) is 60.6 Å². The molecule has 2 atom stereocenters. The van der Waals surface area contributed by atoms with Crippen molar-refractivity contribution in [2.75, 3.05) is 4.90 Å². The standard InChI is InChI=1S/C27H26N4O3.C2H6/c1-15-19-12-21-20(18-9-5-8-17-10-22(25(18)29-21)30-28-14-17)13-23(19)31(26(15)32)24(27(33)34)11-16-6-3-2-4-7-16;1-2/h2-4,6-7,12-15,24,28-29H,5,8-11H2,1H3,(H,33,34);1-2H3. The van der Waals surface area contributed by atoms with Gasteiger partial charge in [-0.1, -0.05) is 44.2 Å². The molecule has 2 unspecified atom stereocenters. The number of amides is 1. The van der Waals surface area contributed by atoms with Crippen LogP contribution in [-0.2, 0) is 22.4 Å². The lowest BCUT2D eigenvalue weighted by atomic mass is 9.91. The summed E-state index contributed by atoms with van der Waals surface area (Å²) in [5, 5.41) is 15.7. The van der Waals surface area contributed by atoms with Crippen LogP contribution in [0.25, 0.3) is 10.9 Å². The van der Waals surface area contributed by atoms with Crippen LogP contribution in [0.1, 0.15) is 68.3 Å². The van der Waals surface area contributed by atoms with Gasteiger partial charge in [0, 0.05) is 35.6 Å². The maximum absolute atomic E-state index is 13.3. The molecule has 1 aromatic heterocycles. The van der Waals surface area contributed by atoms with Gasteiger partial charge in [0.25, 0.3) is 0 Å². The third-order valence-corrected chi connectivity index (χ3v) is 7.33. The summed E-state index contributed by atoms with van der Waals surface area (Å²) in [5.41, 5.74) is 11.1. The summed E-state index contributed by atoms with van der Waals surface area (Å²) in [4.78, 5) is 30.8. The number of fused-ring (bicyclic) bond motifs is 7. The van der Waals surface area contributed by atoms with Crippen molar-refractivity contribution in [1.82, 2.24) is 10.4 Å². The number of allylic oxidation sites excluding steroid dienone is 1. The highest BCUT2D eigenvalue weighted by Crippen LogP contribution is 2.43. The summed E-state index contributed by atoms with van der Waals surface area (Å²) in [7, 11) is 0. The minimum absolute atomic E-state index is 0.162. The molecule has 36 heavy (non-hydrogen) atoms. The number of carboxylic acid groups (broad SMARTS) is 1. The molecule has 2 aromatic carbocycles. The van der Waals surface area contributed by atoms with Gasteiger partial charge in [0.1, 0.15) is 6.04 Å². The topological polar surface area (TPSA) is 97.8 Å². The van der Waals surface area contributed by atoms with Crippen LogP contribution in [0.15, 0.2) is 59.3 Å². The van der Waals surface area contributed by atoms with Crippen LogP contribution in [0.3, 0.4) is 0 Å². The highest BCUT2D eigenvalue weighted by molar-refractivity contribution is 6.12. The number of aromatic amines is 1. The largest absolute Gasteiger partial charge is 0.480 e. The van der Waals surface area contributed by atoms with Crippen LogP contribution in [0.2, 0.25) is 0 Å². The number of aryl methyl sites for hydroxylation is 1. The van der Waals surface area contributed by atoms with E-state index in [0.717, 1.165) is 59.1 Å². The van der Waals surface area contributed by atoms with Crippen molar-refractivity contribution in [3.8, 4) is 0 Å². The van der Waals surface area contributed by atoms with Gasteiger partial charge in [-0.3, -0.25) is 15.1 Å². The number of anilines is 1. The summed E-state index contributed by atoms with van der Waals surface area (Å²) in [6, 6.07) is 12.6. The zero-order valence-electron chi connectivity index (χ0n) is 21.0. The number of aromatic nitrogens is 1. The number of hydrazone groups is 1. The molecule has 3 aromatic rings. The van der Waals surface area contributed by atoms with E-state index in [4.69, 9.17) is 0 Å². The van der Waals surface area contributed by atoms with E-state index in [2.05, 4.69) is 15.5 Å². The molecule has 7 nitrogen and oxygen atoms in total. The Morgan fingerprint density at radius 3 is 2.72 bits per heavy atom. The molecule has 6 rings (SSSR count). The molecule has 186 valence electrons. The molecule has 3 aliphatic rings. The normalized spacial score (nSPS) is 19.0. The molecule has 1 amide bonds. The lowest BCUT2D eigenvalue weighted by Gasteiger charge is -2.26. The fraction of sp³-hybridized carbons (Fsp3) is 0.345. The van der Waals surface area contributed by atoms with Crippen LogP contribution in [0.5, 0.6) is 0 Å². The first-order valence-electron chi connectivity index (χ1n) is 12.8. The molecule has 0 fully saturated rings. The first kappa shape index (κ1) is 23.9. The third kappa shape index (κ3) is 3.98. The molecule has 3 N–H and O–H groups in total. The SMILES string of the molecule is CC.CC1C(=O)N(C(Cc2ccccc2)C(=O)O)c2cc3c4c([nH]c3cc21)C1=NNC=C(CCC4)C1. The summed E-state index contributed by atoms with van der Waals surface area (Å²) in [5.74, 6) is -1.56. The van der Waals surface area contributed by atoms with Crippen LogP contribution < -0.4 is 10.3 Å². The maximum Gasteiger partial charge on any atom is 0.327 e. The van der Waals surface area contributed by atoms with Gasteiger partial charge < -0.3 is 10.1 Å². The predicted molar refractivity (Wildman–Crippen MR) is 142 cm³/mol. The van der Waals surface area contributed by atoms with Gasteiger partial charge in [0.15, 0.2) is 0 Å². The van der Waals surface area contributed by atoms with Crippen molar-refractivity contribution in [2.24, 2.45) is 5.10 Å². The molecule has 3 heterocycles. The minimum Gasteiger partial charge on any atom is -0.480 e. The van der Waals surface area contributed by atoms with E-state index < -0.39 is 17.9 Å². The second-order valence-electron chi connectivity index (χ2n) is 9.43. The average molecular weight is 485 g/mol. The van der Waals surface area contributed by atoms with Crippen LogP contribution in [-0.4, -0.2) is 33.7 Å². The summed E-state index contributed by atoms with van der Waals surface area (Å²) < 4.78 is 0. The average Bonchev–Trinajstić information content (AvgIpc) is 3.36. The Morgan fingerprint density at radius 1 is 1.19 bits per heavy atom. The van der Waals surface area contributed by atoms with Crippen molar-refractivity contribution in [1.29, 1.82) is 0 Å². The summed E-state index contributed by atoms with van der Waals surface area (Å²) >= 11 is 0. The zero-order valence-corrected chi connectivity index (χ0v) is 21.0. The lowest BCUT2D eigenvalue weighted by molar-refractivity contribution is -0.140. The molecule has 7 heteroatoms. The number of rotatable bonds is 4. The van der Waals surface area contributed by atoms with Crippen molar-refractivity contribution in [3.05, 3.63) is 76.6 Å². The fourth-order valence-corrected chi connectivity index (χ4v) is 5.58. The lowest BCUT2D eigenvalue weighted by Crippen LogP contribution is -2.45. The number of nitrogens with zero attached hydrogens (tertiary/aromatic N) is 2. The van der Waals surface area contributed by atoms with E-state index in [-0.39, 0.29) is 12.3 Å². The Kier molecular flexibility index (Phi) is 6.39. The van der Waals surface area contributed by atoms with E-state index >= 15 is 0 Å². The minimum atomic E-state index is -0.997. The molecule has 2 aliphatic heterocycles. The number of hydrogen-bond acceptors (Lipinski definition) is 4. The van der Waals surface area contributed by atoms with Gasteiger partial charge in [-0.15, -0.1) is 0 Å². The fourth-order valence-electron chi connectivity index (χ4n) is 5.58. The molecule has 0 radical (unpaired) electrons. The van der Waals surface area contributed by atoms with Gasteiger partial charge in [-0.25, -0.2) is 4.79 Å². The number of benzene rings is 2. The molecule has 0 saturated carbocycles. The summed E-state index contributed by atoms with van der Waals surface area (Å²) in [6.07, 6.45) is 6.03. The first-order chi connectivity index (χ1) is 17.5. The Hall–Kier alpha value is -3.87. The quantitative estimate of drug-likeness (QED) is 0.471. The Balaban J connectivity index is 0.00000130. The van der Waals surface area contributed by atoms with Gasteiger partial charge >= 0.3 is 5.97 Å². The number of H-pyrrole nitrogens is 1. The van der Waals surface area contributed by atoms with Crippen molar-refractivity contribution in [3.63, 3.8) is 0 Å². The van der Waals surface area contributed by atoms with Crippen molar-refractivity contribution >= 4 is 34.2 Å². The number of nitrogens with one attached hydrogen (secondary N) is 2. The molecule has 0 saturated heterocycles. The number of carbonyl (C=O) groups excluding carboxylic acids is 1. The highest BCUT2D eigenvalue weighted by atomic mass is 16.4. The second-order valence-corrected chi connectivity index (χ2v) is 9.43. The second kappa shape index (κ2) is 9.64. The van der Waals surface area contributed by atoms with E-state index in [0.29, 0.717) is 5.69 Å². The van der Waals surface area contributed by atoms with Crippen LogP contribution in [0, 0.1) is 0 Å². The predicted octanol–water partition coefficient (Wildman–Crippen LogP) is 5.26. The Bertz CT molecular complexity index is 1390. The van der Waals surface area contributed by atoms with E-state index in [1.165, 1.54) is 16.0 Å². The number of aliphatic carboxylic acids is 1. The molecular formula is C29H32N4O3. The van der Waals surface area contributed by atoms with Crippen molar-refractivity contribution < 1.29 is 14.7 Å². The highest BCUT2D eigenvalue weighted by Gasteiger charge is 2.42. The third-order valence-electron chi connectivity index (χ3n) is 7.33. The van der Waals surface area contributed by atoms with E-state index in [9.17, 15) is 14.7 Å². The number of carbonyl (C=O) groups is 2. The zero-order chi connectivity index (χ0) is 25.4. The number of hydrogen-bond donors (Lipinski definition) is 3. The molecule has 0 spiro atoms. The van der Waals surface area contributed by atoms with Crippen LogP contribution in [0.4, 0.5) is 5.69 Å². The smallest absolute Gasteiger partial charge is 0.327 e. The maximum atomic E-state index is 13.3. The van der Waals surface area contributed by atoms with Crippen LogP contribution >= 0.6 is 0 Å². The molecular weight excluding hydrogens is 452 g/mol. The van der Waals surface area contributed by atoms with Gasteiger partial charge in [0.2, 0.25) is 5.91 Å². The van der Waals surface area contributed by atoms with Crippen molar-refractivity contribution in [2.45, 2.75) is 64.8 Å². The monoisotopic (exact) mass is 484 g/mol. The van der Waals surface area contributed by atoms with E-state index in [1.807, 2.05) is 69.4 Å². The number of carboxylic acids is 1.